The third-order valence-electron chi connectivity index (χ3n) is 4.09. The summed E-state index contributed by atoms with van der Waals surface area (Å²) in [5.41, 5.74) is 3.82. The van der Waals surface area contributed by atoms with Gasteiger partial charge >= 0.3 is 0 Å². The van der Waals surface area contributed by atoms with Gasteiger partial charge in [0.05, 0.1) is 6.54 Å². The Morgan fingerprint density at radius 1 is 1.29 bits per heavy atom. The van der Waals surface area contributed by atoms with Crippen molar-refractivity contribution in [1.82, 2.24) is 9.55 Å². The number of terminal acetylenes is 1. The summed E-state index contributed by atoms with van der Waals surface area (Å²) < 4.78 is 20.9. The van der Waals surface area contributed by atoms with E-state index >= 15 is 0 Å². The van der Waals surface area contributed by atoms with Crippen LogP contribution in [-0.4, -0.2) is 9.55 Å². The smallest absolute Gasteiger partial charge is 0.240 e. The van der Waals surface area contributed by atoms with Gasteiger partial charge < -0.3 is 9.30 Å². The van der Waals surface area contributed by atoms with E-state index < -0.39 is 0 Å². The molecule has 0 saturated heterocycles. The van der Waals surface area contributed by atoms with Crippen molar-refractivity contribution in [2.24, 2.45) is 0 Å². The van der Waals surface area contributed by atoms with Crippen molar-refractivity contribution in [1.29, 1.82) is 0 Å². The van der Waals surface area contributed by atoms with Crippen molar-refractivity contribution in [3.8, 4) is 18.2 Å². The molecule has 0 spiro atoms. The normalized spacial score (nSPS) is 10.8. The van der Waals surface area contributed by atoms with Crippen molar-refractivity contribution >= 4 is 22.5 Å². The van der Waals surface area contributed by atoms with Gasteiger partial charge in [-0.25, -0.2) is 4.39 Å². The number of rotatable bonds is 4. The average molecular weight is 343 g/mol. The standard InChI is InChI=1S/C19H16ClFN2O/c1-4-9-23-13(3)12(2)16-10-17(20)22-19(18(16)23)24-11-14-5-7-15(21)8-6-14/h1,5-8,10H,9,11H2,2-3H3. The maximum atomic E-state index is 13.0. The molecule has 1 aromatic carbocycles. The molecule has 24 heavy (non-hydrogen) atoms. The van der Waals surface area contributed by atoms with E-state index in [1.54, 1.807) is 12.1 Å². The van der Waals surface area contributed by atoms with Crippen LogP contribution in [0.25, 0.3) is 10.9 Å². The van der Waals surface area contributed by atoms with Crippen LogP contribution >= 0.6 is 11.6 Å². The van der Waals surface area contributed by atoms with E-state index in [9.17, 15) is 4.39 Å². The summed E-state index contributed by atoms with van der Waals surface area (Å²) >= 11 is 6.15. The maximum absolute atomic E-state index is 13.0. The summed E-state index contributed by atoms with van der Waals surface area (Å²) in [6, 6.07) is 7.96. The highest BCUT2D eigenvalue weighted by Gasteiger charge is 2.17. The highest BCUT2D eigenvalue weighted by atomic mass is 35.5. The highest BCUT2D eigenvalue weighted by molar-refractivity contribution is 6.30. The van der Waals surface area contributed by atoms with E-state index in [1.807, 2.05) is 24.5 Å². The largest absolute Gasteiger partial charge is 0.471 e. The van der Waals surface area contributed by atoms with Crippen molar-refractivity contribution < 1.29 is 9.13 Å². The molecule has 0 fully saturated rings. The van der Waals surface area contributed by atoms with Gasteiger partial charge in [0, 0.05) is 11.1 Å². The Hall–Kier alpha value is -2.51. The molecule has 0 saturated carbocycles. The predicted octanol–water partition coefficient (Wildman–Crippen LogP) is 4.66. The Morgan fingerprint density at radius 3 is 2.67 bits per heavy atom. The number of hydrogen-bond acceptors (Lipinski definition) is 2. The number of pyridine rings is 1. The third kappa shape index (κ3) is 2.95. The van der Waals surface area contributed by atoms with Crippen LogP contribution in [0.1, 0.15) is 16.8 Å². The molecule has 0 bridgehead atoms. The first kappa shape index (κ1) is 16.4. The van der Waals surface area contributed by atoms with Crippen LogP contribution in [0.2, 0.25) is 5.15 Å². The van der Waals surface area contributed by atoms with Crippen molar-refractivity contribution in [2.75, 3.05) is 0 Å². The number of ether oxygens (including phenoxy) is 1. The minimum absolute atomic E-state index is 0.266. The molecule has 0 radical (unpaired) electrons. The number of fused-ring (bicyclic) bond motifs is 1. The van der Waals surface area contributed by atoms with Crippen LogP contribution < -0.4 is 4.74 Å². The zero-order chi connectivity index (χ0) is 17.3. The number of nitrogens with zero attached hydrogens (tertiary/aromatic N) is 2. The molecular formula is C19H16ClFN2O. The minimum Gasteiger partial charge on any atom is -0.471 e. The first-order valence-corrected chi connectivity index (χ1v) is 7.85. The van der Waals surface area contributed by atoms with Crippen molar-refractivity contribution in [3.05, 3.63) is 58.1 Å². The van der Waals surface area contributed by atoms with Crippen molar-refractivity contribution in [3.63, 3.8) is 0 Å². The lowest BCUT2D eigenvalue weighted by molar-refractivity contribution is 0.296. The van der Waals surface area contributed by atoms with Crippen LogP contribution in [0.5, 0.6) is 5.88 Å². The van der Waals surface area contributed by atoms with Gasteiger partial charge in [0.15, 0.2) is 0 Å². The number of halogens is 2. The Kier molecular flexibility index (Phi) is 4.46. The molecule has 0 amide bonds. The molecular weight excluding hydrogens is 327 g/mol. The molecule has 2 aromatic heterocycles. The van der Waals surface area contributed by atoms with E-state index in [-0.39, 0.29) is 12.4 Å². The summed E-state index contributed by atoms with van der Waals surface area (Å²) in [6.07, 6.45) is 5.50. The molecule has 0 atom stereocenters. The third-order valence-corrected chi connectivity index (χ3v) is 4.28. The summed E-state index contributed by atoms with van der Waals surface area (Å²) in [6.45, 7) is 4.71. The van der Waals surface area contributed by atoms with Gasteiger partial charge in [0.1, 0.15) is 23.1 Å². The number of hydrogen-bond donors (Lipinski definition) is 0. The first-order chi connectivity index (χ1) is 11.5. The Bertz CT molecular complexity index is 939. The number of aryl methyl sites for hydroxylation is 1. The fraction of sp³-hybridized carbons (Fsp3) is 0.211. The molecule has 0 aliphatic heterocycles. The molecule has 5 heteroatoms. The molecule has 0 aliphatic rings. The predicted molar refractivity (Wildman–Crippen MR) is 93.8 cm³/mol. The van der Waals surface area contributed by atoms with Gasteiger partial charge in [-0.05, 0) is 43.2 Å². The second-order valence-corrected chi connectivity index (χ2v) is 5.95. The van der Waals surface area contributed by atoms with E-state index in [0.29, 0.717) is 17.6 Å². The molecule has 3 nitrogen and oxygen atoms in total. The van der Waals surface area contributed by atoms with Gasteiger partial charge in [0.2, 0.25) is 5.88 Å². The summed E-state index contributed by atoms with van der Waals surface area (Å²) in [7, 11) is 0. The number of aromatic nitrogens is 2. The van der Waals surface area contributed by atoms with Crippen LogP contribution in [0.3, 0.4) is 0 Å². The SMILES string of the molecule is C#CCn1c(C)c(C)c2cc(Cl)nc(OCc3ccc(F)cc3)c21. The Labute approximate surface area is 145 Å². The second-order valence-electron chi connectivity index (χ2n) is 5.56. The maximum Gasteiger partial charge on any atom is 0.240 e. The molecule has 0 aliphatic carbocycles. The van der Waals surface area contributed by atoms with Gasteiger partial charge in [-0.2, -0.15) is 4.98 Å². The van der Waals surface area contributed by atoms with E-state index in [2.05, 4.69) is 10.9 Å². The van der Waals surface area contributed by atoms with Gasteiger partial charge in [-0.15, -0.1) is 6.42 Å². The quantitative estimate of drug-likeness (QED) is 0.509. The van der Waals surface area contributed by atoms with Gasteiger partial charge in [-0.1, -0.05) is 29.7 Å². The van der Waals surface area contributed by atoms with Gasteiger partial charge in [0.25, 0.3) is 0 Å². The lowest BCUT2D eigenvalue weighted by atomic mass is 10.2. The van der Waals surface area contributed by atoms with Crippen LogP contribution in [-0.2, 0) is 13.2 Å². The average Bonchev–Trinajstić information content (AvgIpc) is 2.80. The second kappa shape index (κ2) is 6.54. The van der Waals surface area contributed by atoms with Gasteiger partial charge in [-0.3, -0.25) is 0 Å². The molecule has 2 heterocycles. The minimum atomic E-state index is -0.281. The Balaban J connectivity index is 2.04. The zero-order valence-corrected chi connectivity index (χ0v) is 14.2. The summed E-state index contributed by atoms with van der Waals surface area (Å²) in [5, 5.41) is 1.33. The van der Waals surface area contributed by atoms with Crippen LogP contribution in [0.15, 0.2) is 30.3 Å². The monoisotopic (exact) mass is 342 g/mol. The first-order valence-electron chi connectivity index (χ1n) is 7.48. The highest BCUT2D eigenvalue weighted by Crippen LogP contribution is 2.33. The fourth-order valence-corrected chi connectivity index (χ4v) is 2.90. The van der Waals surface area contributed by atoms with Crippen LogP contribution in [0.4, 0.5) is 4.39 Å². The molecule has 3 aromatic rings. The van der Waals surface area contributed by atoms with E-state index in [1.165, 1.54) is 12.1 Å². The molecule has 3 rings (SSSR count). The molecule has 0 unspecified atom stereocenters. The topological polar surface area (TPSA) is 27.1 Å². The molecule has 0 N–H and O–H groups in total. The van der Waals surface area contributed by atoms with Crippen molar-refractivity contribution in [2.45, 2.75) is 27.0 Å². The lowest BCUT2D eigenvalue weighted by Gasteiger charge is -2.10. The van der Waals surface area contributed by atoms with E-state index in [4.69, 9.17) is 22.8 Å². The van der Waals surface area contributed by atoms with Crippen LogP contribution in [0, 0.1) is 32.0 Å². The van der Waals surface area contributed by atoms with E-state index in [0.717, 1.165) is 27.7 Å². The lowest BCUT2D eigenvalue weighted by Crippen LogP contribution is -2.03. The number of benzene rings is 1. The molecule has 122 valence electrons. The Morgan fingerprint density at radius 2 is 2.00 bits per heavy atom. The summed E-state index contributed by atoms with van der Waals surface area (Å²) in [5.74, 6) is 2.80. The zero-order valence-electron chi connectivity index (χ0n) is 13.4. The summed E-state index contributed by atoms with van der Waals surface area (Å²) in [4.78, 5) is 4.31. The fourth-order valence-electron chi connectivity index (χ4n) is 2.72.